The van der Waals surface area contributed by atoms with Crippen molar-refractivity contribution < 1.29 is 9.18 Å². The number of amides is 1. The van der Waals surface area contributed by atoms with Crippen molar-refractivity contribution in [3.63, 3.8) is 0 Å². The minimum atomic E-state index is -1.08. The zero-order chi connectivity index (χ0) is 18.6. The lowest BCUT2D eigenvalue weighted by Crippen LogP contribution is -2.58. The van der Waals surface area contributed by atoms with Crippen LogP contribution in [-0.2, 0) is 10.3 Å². The molecule has 25 heavy (non-hydrogen) atoms. The Labute approximate surface area is 148 Å². The van der Waals surface area contributed by atoms with Crippen molar-refractivity contribution in [1.82, 2.24) is 4.90 Å². The minimum absolute atomic E-state index is 0.107. The molecule has 2 unspecified atom stereocenters. The van der Waals surface area contributed by atoms with Gasteiger partial charge in [-0.1, -0.05) is 0 Å². The van der Waals surface area contributed by atoms with Crippen molar-refractivity contribution in [2.24, 2.45) is 22.1 Å². The summed E-state index contributed by atoms with van der Waals surface area (Å²) in [6.45, 7) is 7.49. The summed E-state index contributed by atoms with van der Waals surface area (Å²) in [5.74, 6) is 0.232. The van der Waals surface area contributed by atoms with Crippen LogP contribution < -0.4 is 11.1 Å². The van der Waals surface area contributed by atoms with Gasteiger partial charge in [0, 0.05) is 24.3 Å². The summed E-state index contributed by atoms with van der Waals surface area (Å²) >= 11 is 0. The first-order valence-corrected chi connectivity index (χ1v) is 8.78. The monoisotopic (exact) mass is 346 g/mol. The summed E-state index contributed by atoms with van der Waals surface area (Å²) in [5.41, 5.74) is 5.16. The maximum Gasteiger partial charge on any atom is 0.237 e. The Kier molecular flexibility index (Phi) is 4.05. The maximum atomic E-state index is 14.7. The number of anilines is 1. The van der Waals surface area contributed by atoms with E-state index in [9.17, 15) is 9.18 Å². The van der Waals surface area contributed by atoms with Crippen LogP contribution in [0.4, 0.5) is 10.1 Å². The van der Waals surface area contributed by atoms with Crippen LogP contribution in [0.25, 0.3) is 0 Å². The number of aliphatic imine (C=N–C) groups is 1. The fourth-order valence-corrected chi connectivity index (χ4v) is 3.54. The van der Waals surface area contributed by atoms with E-state index in [0.717, 1.165) is 5.69 Å². The molecule has 6 heteroatoms. The van der Waals surface area contributed by atoms with E-state index in [1.165, 1.54) is 23.8 Å². The molecule has 1 aliphatic heterocycles. The predicted molar refractivity (Wildman–Crippen MR) is 97.7 cm³/mol. The number of carbonyl (C=O) groups is 1. The highest BCUT2D eigenvalue weighted by molar-refractivity contribution is 6.01. The summed E-state index contributed by atoms with van der Waals surface area (Å²) in [6, 6.07) is 5.28. The first-order valence-electron chi connectivity index (χ1n) is 8.78. The largest absolute Gasteiger partial charge is 0.382 e. The van der Waals surface area contributed by atoms with Gasteiger partial charge in [-0.15, -0.1) is 0 Å². The Hall–Kier alpha value is -2.11. The molecular weight excluding hydrogens is 319 g/mol. The number of nitrogens with one attached hydrogen (secondary N) is 1. The molecule has 3 N–H and O–H groups in total. The van der Waals surface area contributed by atoms with Crippen LogP contribution in [0.3, 0.4) is 0 Å². The molecule has 1 fully saturated rings. The Bertz CT molecular complexity index is 741. The van der Waals surface area contributed by atoms with Crippen molar-refractivity contribution in [1.29, 1.82) is 0 Å². The van der Waals surface area contributed by atoms with Crippen molar-refractivity contribution in [3.05, 3.63) is 29.6 Å². The summed E-state index contributed by atoms with van der Waals surface area (Å²) in [7, 11) is 1.59. The van der Waals surface area contributed by atoms with Crippen molar-refractivity contribution in [3.8, 4) is 0 Å². The number of hydrogen-bond acceptors (Lipinski definition) is 4. The molecule has 0 bridgehead atoms. The van der Waals surface area contributed by atoms with E-state index >= 15 is 0 Å². The van der Waals surface area contributed by atoms with E-state index < -0.39 is 11.0 Å². The molecule has 0 spiro atoms. The van der Waals surface area contributed by atoms with E-state index in [-0.39, 0.29) is 17.7 Å². The van der Waals surface area contributed by atoms with Crippen LogP contribution in [0, 0.1) is 17.2 Å². The summed E-state index contributed by atoms with van der Waals surface area (Å²) in [4.78, 5) is 18.6. The number of carbonyl (C=O) groups excluding carboxylic acids is 1. The topological polar surface area (TPSA) is 70.7 Å². The maximum absolute atomic E-state index is 14.7. The number of hydrogen-bond donors (Lipinski definition) is 2. The van der Waals surface area contributed by atoms with E-state index in [0.29, 0.717) is 17.5 Å². The molecule has 1 heterocycles. The van der Waals surface area contributed by atoms with Gasteiger partial charge in [0.2, 0.25) is 5.91 Å². The van der Waals surface area contributed by atoms with Gasteiger partial charge in [-0.25, -0.2) is 9.38 Å². The summed E-state index contributed by atoms with van der Waals surface area (Å²) in [6.07, 6.45) is 2.46. The van der Waals surface area contributed by atoms with Gasteiger partial charge in [0.05, 0.1) is 5.41 Å². The standard InChI is InChI=1S/C19H27FN4O/c1-11(12-6-7-12)22-13-8-9-15(20)14(10-13)19(4)18(2,3)16(25)24(5)17(21)23-19/h8-12,22H,6-7H2,1-5H3,(H2,21,23). The molecule has 3 rings (SSSR count). The first kappa shape index (κ1) is 17.7. The first-order chi connectivity index (χ1) is 11.6. The van der Waals surface area contributed by atoms with Crippen LogP contribution in [0.2, 0.25) is 0 Å². The molecule has 1 saturated carbocycles. The van der Waals surface area contributed by atoms with Crippen LogP contribution >= 0.6 is 0 Å². The Morgan fingerprint density at radius 2 is 2.00 bits per heavy atom. The second-order valence-corrected chi connectivity index (χ2v) is 8.00. The van der Waals surface area contributed by atoms with Crippen LogP contribution in [0.1, 0.15) is 46.1 Å². The molecule has 5 nitrogen and oxygen atoms in total. The summed E-state index contributed by atoms with van der Waals surface area (Å²) in [5, 5.41) is 3.44. The van der Waals surface area contributed by atoms with E-state index in [4.69, 9.17) is 5.73 Å². The normalized spacial score (nSPS) is 27.0. The van der Waals surface area contributed by atoms with Gasteiger partial charge in [0.1, 0.15) is 11.4 Å². The SMILES string of the molecule is CC(Nc1ccc(F)c(C2(C)N=C(N)N(C)C(=O)C2(C)C)c1)C1CC1. The highest BCUT2D eigenvalue weighted by Gasteiger charge is 2.53. The Morgan fingerprint density at radius 1 is 1.36 bits per heavy atom. The Balaban J connectivity index is 2.05. The number of rotatable bonds is 4. The average Bonchev–Trinajstić information content (AvgIpc) is 3.38. The van der Waals surface area contributed by atoms with Gasteiger partial charge in [-0.2, -0.15) is 0 Å². The fourth-order valence-electron chi connectivity index (χ4n) is 3.54. The second-order valence-electron chi connectivity index (χ2n) is 8.00. The molecule has 136 valence electrons. The number of guanidine groups is 1. The lowest BCUT2D eigenvalue weighted by atomic mass is 9.67. The van der Waals surface area contributed by atoms with Crippen LogP contribution in [0.5, 0.6) is 0 Å². The third kappa shape index (κ3) is 2.77. The Morgan fingerprint density at radius 3 is 2.60 bits per heavy atom. The number of halogens is 1. The highest BCUT2D eigenvalue weighted by Crippen LogP contribution is 2.47. The molecule has 1 amide bonds. The smallest absolute Gasteiger partial charge is 0.237 e. The molecule has 1 aromatic rings. The van der Waals surface area contributed by atoms with Crippen LogP contribution in [-0.4, -0.2) is 29.9 Å². The second kappa shape index (κ2) is 5.71. The quantitative estimate of drug-likeness (QED) is 0.880. The third-order valence-corrected chi connectivity index (χ3v) is 5.95. The van der Waals surface area contributed by atoms with Gasteiger partial charge in [-0.05, 0) is 64.7 Å². The third-order valence-electron chi connectivity index (χ3n) is 5.95. The van der Waals surface area contributed by atoms with Crippen molar-refractivity contribution in [2.75, 3.05) is 12.4 Å². The van der Waals surface area contributed by atoms with E-state index in [1.807, 2.05) is 0 Å². The van der Waals surface area contributed by atoms with Gasteiger partial charge in [-0.3, -0.25) is 9.69 Å². The van der Waals surface area contributed by atoms with Crippen LogP contribution in [0.15, 0.2) is 23.2 Å². The number of benzene rings is 1. The molecule has 2 atom stereocenters. The van der Waals surface area contributed by atoms with Gasteiger partial charge >= 0.3 is 0 Å². The van der Waals surface area contributed by atoms with Crippen molar-refractivity contribution in [2.45, 2.75) is 52.1 Å². The molecule has 0 aromatic heterocycles. The zero-order valence-corrected chi connectivity index (χ0v) is 15.6. The minimum Gasteiger partial charge on any atom is -0.382 e. The molecule has 1 aliphatic carbocycles. The average molecular weight is 346 g/mol. The van der Waals surface area contributed by atoms with E-state index in [2.05, 4.69) is 17.2 Å². The molecular formula is C19H27FN4O. The predicted octanol–water partition coefficient (Wildman–Crippen LogP) is 3.06. The number of nitrogens with two attached hydrogens (primary N) is 1. The molecule has 0 radical (unpaired) electrons. The van der Waals surface area contributed by atoms with Gasteiger partial charge < -0.3 is 11.1 Å². The summed E-state index contributed by atoms with van der Waals surface area (Å²) < 4.78 is 14.7. The molecule has 2 aliphatic rings. The highest BCUT2D eigenvalue weighted by atomic mass is 19.1. The molecule has 1 aromatic carbocycles. The van der Waals surface area contributed by atoms with Gasteiger partial charge in [0.25, 0.3) is 0 Å². The lowest BCUT2D eigenvalue weighted by Gasteiger charge is -2.46. The fraction of sp³-hybridized carbons (Fsp3) is 0.579. The zero-order valence-electron chi connectivity index (χ0n) is 15.6. The van der Waals surface area contributed by atoms with Crippen molar-refractivity contribution >= 4 is 17.6 Å². The molecule has 0 saturated heterocycles. The van der Waals surface area contributed by atoms with E-state index in [1.54, 1.807) is 40.0 Å². The van der Waals surface area contributed by atoms with Gasteiger partial charge in [0.15, 0.2) is 5.96 Å². The number of nitrogens with zero attached hydrogens (tertiary/aromatic N) is 2. The lowest BCUT2D eigenvalue weighted by molar-refractivity contribution is -0.140.